The first kappa shape index (κ1) is 25.9. The molecule has 2 aromatic rings. The Balaban J connectivity index is 0.00000341. The minimum Gasteiger partial charge on any atom is -0.368 e. The van der Waals surface area contributed by atoms with Crippen molar-refractivity contribution in [3.8, 4) is 0 Å². The summed E-state index contributed by atoms with van der Waals surface area (Å²) in [6.45, 7) is 8.54. The van der Waals surface area contributed by atoms with Crippen molar-refractivity contribution in [3.05, 3.63) is 46.3 Å². The minimum absolute atomic E-state index is 0. The number of hydrogen-bond acceptors (Lipinski definition) is 5. The normalized spacial score (nSPS) is 15.2. The summed E-state index contributed by atoms with van der Waals surface area (Å²) in [6.07, 6.45) is 0. The highest BCUT2D eigenvalue weighted by Crippen LogP contribution is 2.25. The molecular formula is C21H32IN5O2S2. The van der Waals surface area contributed by atoms with Crippen LogP contribution in [-0.4, -0.2) is 70.9 Å². The summed E-state index contributed by atoms with van der Waals surface area (Å²) in [7, 11) is 1.50. The molecule has 0 unspecified atom stereocenters. The Bertz CT molecular complexity index is 1010. The van der Waals surface area contributed by atoms with Crippen LogP contribution in [-0.2, 0) is 16.6 Å². The van der Waals surface area contributed by atoms with Gasteiger partial charge < -0.3 is 15.1 Å². The van der Waals surface area contributed by atoms with Crippen molar-refractivity contribution >= 4 is 57.0 Å². The third-order valence-electron chi connectivity index (χ3n) is 5.50. The summed E-state index contributed by atoms with van der Waals surface area (Å²) in [4.78, 5) is 10.1. The molecule has 1 aliphatic rings. The molecule has 31 heavy (non-hydrogen) atoms. The summed E-state index contributed by atoms with van der Waals surface area (Å²) >= 11 is 1.29. The summed E-state index contributed by atoms with van der Waals surface area (Å²) < 4.78 is 26.1. The van der Waals surface area contributed by atoms with E-state index >= 15 is 0 Å². The van der Waals surface area contributed by atoms with Crippen LogP contribution in [0.4, 0.5) is 5.69 Å². The summed E-state index contributed by atoms with van der Waals surface area (Å²) in [5.74, 6) is 0.848. The van der Waals surface area contributed by atoms with E-state index in [9.17, 15) is 8.42 Å². The Labute approximate surface area is 207 Å². The molecule has 0 atom stereocenters. The molecule has 3 rings (SSSR count). The number of aliphatic imine (C=N–C) groups is 1. The van der Waals surface area contributed by atoms with Gasteiger partial charge in [0.2, 0.25) is 0 Å². The van der Waals surface area contributed by atoms with Crippen LogP contribution in [0, 0.1) is 13.8 Å². The lowest BCUT2D eigenvalue weighted by Gasteiger charge is -2.38. The van der Waals surface area contributed by atoms with Crippen LogP contribution in [0.3, 0.4) is 0 Å². The van der Waals surface area contributed by atoms with E-state index in [0.717, 1.165) is 37.0 Å². The molecule has 1 N–H and O–H groups in total. The fourth-order valence-corrected chi connectivity index (χ4v) is 5.97. The van der Waals surface area contributed by atoms with Crippen molar-refractivity contribution in [2.45, 2.75) is 24.6 Å². The van der Waals surface area contributed by atoms with E-state index in [4.69, 9.17) is 0 Å². The molecule has 0 spiro atoms. The summed E-state index contributed by atoms with van der Waals surface area (Å²) in [5, 5.41) is 3.38. The van der Waals surface area contributed by atoms with E-state index in [1.807, 2.05) is 6.07 Å². The molecule has 0 amide bonds. The first-order chi connectivity index (χ1) is 14.2. The third kappa shape index (κ3) is 5.91. The Morgan fingerprint density at radius 2 is 1.81 bits per heavy atom. The summed E-state index contributed by atoms with van der Waals surface area (Å²) in [6, 6.07) is 10.0. The number of aryl methyl sites for hydroxylation is 1. The van der Waals surface area contributed by atoms with E-state index in [-0.39, 0.29) is 24.0 Å². The first-order valence-corrected chi connectivity index (χ1v) is 12.3. The van der Waals surface area contributed by atoms with Gasteiger partial charge in [-0.25, -0.2) is 12.7 Å². The maximum atomic E-state index is 12.3. The molecule has 0 aliphatic carbocycles. The van der Waals surface area contributed by atoms with Crippen LogP contribution < -0.4 is 10.2 Å². The zero-order chi connectivity index (χ0) is 21.9. The zero-order valence-corrected chi connectivity index (χ0v) is 22.7. The van der Waals surface area contributed by atoms with E-state index in [0.29, 0.717) is 10.8 Å². The molecule has 7 nitrogen and oxygen atoms in total. The van der Waals surface area contributed by atoms with Gasteiger partial charge in [-0.2, -0.15) is 0 Å². The lowest BCUT2D eigenvalue weighted by Crippen LogP contribution is -2.52. The number of nitrogens with zero attached hydrogens (tertiary/aromatic N) is 4. The Morgan fingerprint density at radius 3 is 2.42 bits per heavy atom. The number of thiophene rings is 1. The number of anilines is 1. The van der Waals surface area contributed by atoms with E-state index in [1.54, 1.807) is 27.2 Å². The maximum Gasteiger partial charge on any atom is 0.252 e. The molecule has 172 valence electrons. The van der Waals surface area contributed by atoms with Gasteiger partial charge in [0.05, 0.1) is 6.54 Å². The third-order valence-corrected chi connectivity index (χ3v) is 8.87. The Kier molecular flexibility index (Phi) is 9.16. The van der Waals surface area contributed by atoms with Gasteiger partial charge in [0.15, 0.2) is 5.96 Å². The van der Waals surface area contributed by atoms with Gasteiger partial charge in [0.1, 0.15) is 4.21 Å². The SMILES string of the molecule is CN=C(NCc1ccc(S(=O)(=O)N(C)C)s1)N1CCN(c2cccc(C)c2C)CC1.I. The number of sulfonamides is 1. The summed E-state index contributed by atoms with van der Waals surface area (Å²) in [5.41, 5.74) is 3.97. The van der Waals surface area contributed by atoms with Crippen molar-refractivity contribution in [1.82, 2.24) is 14.5 Å². The zero-order valence-electron chi connectivity index (χ0n) is 18.8. The van der Waals surface area contributed by atoms with Gasteiger partial charge in [-0.15, -0.1) is 35.3 Å². The quantitative estimate of drug-likeness (QED) is 0.336. The second-order valence-corrected chi connectivity index (χ2v) is 11.1. The average molecular weight is 578 g/mol. The molecule has 0 radical (unpaired) electrons. The molecule has 0 saturated carbocycles. The van der Waals surface area contributed by atoms with Gasteiger partial charge in [-0.3, -0.25) is 4.99 Å². The smallest absolute Gasteiger partial charge is 0.252 e. The fourth-order valence-electron chi connectivity index (χ4n) is 3.51. The second-order valence-electron chi connectivity index (χ2n) is 7.60. The van der Waals surface area contributed by atoms with E-state index in [1.165, 1.54) is 32.5 Å². The highest BCUT2D eigenvalue weighted by molar-refractivity contribution is 14.0. The van der Waals surface area contributed by atoms with Crippen molar-refractivity contribution < 1.29 is 8.42 Å². The number of piperazine rings is 1. The monoisotopic (exact) mass is 577 g/mol. The van der Waals surface area contributed by atoms with Crippen molar-refractivity contribution in [3.63, 3.8) is 0 Å². The number of benzene rings is 1. The van der Waals surface area contributed by atoms with Crippen LogP contribution in [0.5, 0.6) is 0 Å². The van der Waals surface area contributed by atoms with Gasteiger partial charge in [-0.05, 0) is 43.2 Å². The Hall–Kier alpha value is -1.37. The van der Waals surface area contributed by atoms with Gasteiger partial charge in [0, 0.05) is 57.9 Å². The predicted octanol–water partition coefficient (Wildman–Crippen LogP) is 3.13. The van der Waals surface area contributed by atoms with E-state index in [2.05, 4.69) is 52.2 Å². The van der Waals surface area contributed by atoms with Crippen LogP contribution >= 0.6 is 35.3 Å². The molecular weight excluding hydrogens is 545 g/mol. The molecule has 1 aromatic carbocycles. The number of nitrogens with one attached hydrogen (secondary N) is 1. The van der Waals surface area contributed by atoms with Crippen molar-refractivity contribution in [2.75, 3.05) is 52.2 Å². The topological polar surface area (TPSA) is 68.2 Å². The predicted molar refractivity (Wildman–Crippen MR) is 141 cm³/mol. The average Bonchev–Trinajstić information content (AvgIpc) is 3.21. The first-order valence-electron chi connectivity index (χ1n) is 10.0. The van der Waals surface area contributed by atoms with Gasteiger partial charge >= 0.3 is 0 Å². The van der Waals surface area contributed by atoms with E-state index < -0.39 is 10.0 Å². The molecule has 0 bridgehead atoms. The number of guanidine groups is 1. The molecule has 2 heterocycles. The lowest BCUT2D eigenvalue weighted by molar-refractivity contribution is 0.372. The molecule has 10 heteroatoms. The molecule has 1 saturated heterocycles. The van der Waals surface area contributed by atoms with Crippen LogP contribution in [0.1, 0.15) is 16.0 Å². The maximum absolute atomic E-state index is 12.3. The molecule has 1 aromatic heterocycles. The fraction of sp³-hybridized carbons (Fsp3) is 0.476. The standard InChI is InChI=1S/C21H31N5O2S2.HI/c1-16-7-6-8-19(17(16)2)25-11-13-26(14-12-25)21(22-3)23-15-18-9-10-20(29-18)30(27,28)24(4)5;/h6-10H,11-15H2,1-5H3,(H,22,23);1H. The van der Waals surface area contributed by atoms with Crippen LogP contribution in [0.15, 0.2) is 39.5 Å². The van der Waals surface area contributed by atoms with Crippen LogP contribution in [0.2, 0.25) is 0 Å². The molecule has 1 fully saturated rings. The largest absolute Gasteiger partial charge is 0.368 e. The Morgan fingerprint density at radius 1 is 1.13 bits per heavy atom. The van der Waals surface area contributed by atoms with Crippen molar-refractivity contribution in [2.24, 2.45) is 4.99 Å². The number of rotatable bonds is 5. The lowest BCUT2D eigenvalue weighted by atomic mass is 10.1. The number of hydrogen-bond donors (Lipinski definition) is 1. The highest BCUT2D eigenvalue weighted by atomic mass is 127. The van der Waals surface area contributed by atoms with Gasteiger partial charge in [-0.1, -0.05) is 12.1 Å². The van der Waals surface area contributed by atoms with Crippen LogP contribution in [0.25, 0.3) is 0 Å². The number of halogens is 1. The highest BCUT2D eigenvalue weighted by Gasteiger charge is 2.22. The second kappa shape index (κ2) is 11.0. The van der Waals surface area contributed by atoms with Crippen molar-refractivity contribution in [1.29, 1.82) is 0 Å². The van der Waals surface area contributed by atoms with Gasteiger partial charge in [0.25, 0.3) is 10.0 Å². The molecule has 1 aliphatic heterocycles. The minimum atomic E-state index is -3.38.